The molecule has 0 radical (unpaired) electrons. The van der Waals surface area contributed by atoms with E-state index in [-0.39, 0.29) is 10.8 Å². The van der Waals surface area contributed by atoms with Crippen molar-refractivity contribution in [2.24, 2.45) is 0 Å². The summed E-state index contributed by atoms with van der Waals surface area (Å²) in [6, 6.07) is 48.2. The van der Waals surface area contributed by atoms with Crippen LogP contribution < -0.4 is 9.80 Å². The largest absolute Gasteiger partial charge is 0.294 e. The van der Waals surface area contributed by atoms with Crippen LogP contribution in [-0.2, 0) is 10.8 Å². The van der Waals surface area contributed by atoms with Crippen LogP contribution in [0.2, 0.25) is 0 Å². The Balaban J connectivity index is 1.36. The first-order valence-corrected chi connectivity index (χ1v) is 17.4. The van der Waals surface area contributed by atoms with Gasteiger partial charge in [0.25, 0.3) is 0 Å². The highest BCUT2D eigenvalue weighted by atomic mass is 15.2. The predicted octanol–water partition coefficient (Wildman–Crippen LogP) is 12.9. The minimum absolute atomic E-state index is 0.0663. The lowest BCUT2D eigenvalue weighted by molar-refractivity contribution is 0.590. The van der Waals surface area contributed by atoms with Crippen LogP contribution in [0.25, 0.3) is 32.3 Å². The molecule has 0 unspecified atom stereocenters. The minimum atomic E-state index is 0.0663. The average Bonchev–Trinajstić information content (AvgIpc) is 3.12. The Morgan fingerprint density at radius 1 is 0.400 bits per heavy atom. The van der Waals surface area contributed by atoms with Crippen LogP contribution in [0.15, 0.2) is 146 Å². The Morgan fingerprint density at radius 3 is 1.12 bits per heavy atom. The summed E-state index contributed by atoms with van der Waals surface area (Å²) < 4.78 is 0. The smallest absolute Gasteiger partial charge is 0.137 e. The van der Waals surface area contributed by atoms with Crippen LogP contribution in [0.3, 0.4) is 0 Å². The van der Waals surface area contributed by atoms with Gasteiger partial charge in [0.05, 0.1) is 11.4 Å². The fraction of sp³-hybridized carbons (Fsp3) is 0.174. The summed E-state index contributed by atoms with van der Waals surface area (Å²) in [6.07, 6.45) is 3.74. The maximum absolute atomic E-state index is 4.85. The zero-order valence-electron chi connectivity index (χ0n) is 29.6. The molecule has 0 aliphatic rings. The molecule has 246 valence electrons. The number of rotatable bonds is 6. The van der Waals surface area contributed by atoms with Crippen LogP contribution >= 0.6 is 0 Å². The van der Waals surface area contributed by atoms with Crippen molar-refractivity contribution in [3.63, 3.8) is 0 Å². The van der Waals surface area contributed by atoms with Crippen molar-refractivity contribution < 1.29 is 0 Å². The molecule has 8 aromatic rings. The van der Waals surface area contributed by atoms with Gasteiger partial charge in [-0.1, -0.05) is 114 Å². The third-order valence-electron chi connectivity index (χ3n) is 9.84. The van der Waals surface area contributed by atoms with Gasteiger partial charge in [0.15, 0.2) is 0 Å². The molecule has 0 N–H and O–H groups in total. The fourth-order valence-electron chi connectivity index (χ4n) is 7.14. The second-order valence-electron chi connectivity index (χ2n) is 15.2. The molecule has 0 fully saturated rings. The van der Waals surface area contributed by atoms with Crippen LogP contribution in [0.4, 0.5) is 34.4 Å². The summed E-state index contributed by atoms with van der Waals surface area (Å²) in [5, 5.41) is 7.28. The highest BCUT2D eigenvalue weighted by Crippen LogP contribution is 2.47. The van der Waals surface area contributed by atoms with Crippen molar-refractivity contribution in [2.75, 3.05) is 9.80 Å². The molecule has 2 heterocycles. The molecule has 0 aliphatic heterocycles. The number of hydrogen-bond acceptors (Lipinski definition) is 4. The lowest BCUT2D eigenvalue weighted by Gasteiger charge is -2.29. The number of pyridine rings is 2. The monoisotopic (exact) mass is 650 g/mol. The van der Waals surface area contributed by atoms with Crippen molar-refractivity contribution in [1.82, 2.24) is 9.97 Å². The van der Waals surface area contributed by atoms with Gasteiger partial charge >= 0.3 is 0 Å². The summed E-state index contributed by atoms with van der Waals surface area (Å²) in [7, 11) is 0. The molecule has 0 aliphatic carbocycles. The molecule has 0 saturated carbocycles. The van der Waals surface area contributed by atoms with E-state index >= 15 is 0 Å². The van der Waals surface area contributed by atoms with Gasteiger partial charge in [0, 0.05) is 34.5 Å². The summed E-state index contributed by atoms with van der Waals surface area (Å²) in [4.78, 5) is 14.3. The lowest BCUT2D eigenvalue weighted by Crippen LogP contribution is -2.14. The van der Waals surface area contributed by atoms with Crippen molar-refractivity contribution in [2.45, 2.75) is 52.4 Å². The van der Waals surface area contributed by atoms with E-state index in [1.807, 2.05) is 24.5 Å². The maximum Gasteiger partial charge on any atom is 0.137 e. The molecule has 6 aromatic carbocycles. The standard InChI is InChI=1S/C46H42N4/c1-45(2,3)33-17-21-35(22-18-33)49(41-11-7-9-29-47-41)39-27-15-31-14-26-38-40(28-16-32-13-25-37(39)43(31)44(32)38)50(42-12-8-10-30-48-42)36-23-19-34(20-24-36)46(4,5)6/h7-30H,1-6H3. The topological polar surface area (TPSA) is 32.3 Å². The quantitative estimate of drug-likeness (QED) is 0.168. The van der Waals surface area contributed by atoms with Crippen molar-refractivity contribution >= 4 is 66.7 Å². The molecule has 50 heavy (non-hydrogen) atoms. The van der Waals surface area contributed by atoms with E-state index in [1.165, 1.54) is 43.4 Å². The van der Waals surface area contributed by atoms with E-state index in [4.69, 9.17) is 9.97 Å². The molecule has 4 nitrogen and oxygen atoms in total. The van der Waals surface area contributed by atoms with Gasteiger partial charge in [-0.15, -0.1) is 0 Å². The molecule has 2 aromatic heterocycles. The minimum Gasteiger partial charge on any atom is -0.294 e. The zero-order chi connectivity index (χ0) is 34.6. The number of anilines is 6. The highest BCUT2D eigenvalue weighted by molar-refractivity contribution is 6.28. The van der Waals surface area contributed by atoms with Crippen molar-refractivity contribution in [3.8, 4) is 0 Å². The van der Waals surface area contributed by atoms with Crippen LogP contribution in [0.1, 0.15) is 52.7 Å². The Bertz CT molecular complexity index is 2250. The van der Waals surface area contributed by atoms with E-state index in [0.29, 0.717) is 0 Å². The molecule has 0 amide bonds. The Hall–Kier alpha value is -5.74. The van der Waals surface area contributed by atoms with Gasteiger partial charge in [0.1, 0.15) is 11.6 Å². The van der Waals surface area contributed by atoms with Crippen LogP contribution in [0.5, 0.6) is 0 Å². The van der Waals surface area contributed by atoms with Gasteiger partial charge < -0.3 is 0 Å². The molecule has 0 bridgehead atoms. The van der Waals surface area contributed by atoms with Crippen molar-refractivity contribution in [1.29, 1.82) is 0 Å². The first-order chi connectivity index (χ1) is 24.1. The molecule has 0 spiro atoms. The summed E-state index contributed by atoms with van der Waals surface area (Å²) in [5.41, 5.74) is 7.08. The van der Waals surface area contributed by atoms with Gasteiger partial charge in [0.2, 0.25) is 0 Å². The Labute approximate surface area is 295 Å². The molecular weight excluding hydrogens is 609 g/mol. The number of nitrogens with zero attached hydrogens (tertiary/aromatic N) is 4. The predicted molar refractivity (Wildman–Crippen MR) is 213 cm³/mol. The first-order valence-electron chi connectivity index (χ1n) is 17.4. The van der Waals surface area contributed by atoms with Gasteiger partial charge in [-0.05, 0) is 104 Å². The number of hydrogen-bond donors (Lipinski definition) is 0. The fourth-order valence-corrected chi connectivity index (χ4v) is 7.14. The average molecular weight is 651 g/mol. The molecule has 0 atom stereocenters. The molecule has 4 heteroatoms. The van der Waals surface area contributed by atoms with Gasteiger partial charge in [-0.2, -0.15) is 0 Å². The summed E-state index contributed by atoms with van der Waals surface area (Å²) >= 11 is 0. The third-order valence-corrected chi connectivity index (χ3v) is 9.84. The molecular formula is C46H42N4. The van der Waals surface area contributed by atoms with Gasteiger partial charge in [-0.3, -0.25) is 9.80 Å². The number of benzene rings is 6. The van der Waals surface area contributed by atoms with Gasteiger partial charge in [-0.25, -0.2) is 9.97 Å². The summed E-state index contributed by atoms with van der Waals surface area (Å²) in [5.74, 6) is 1.76. The summed E-state index contributed by atoms with van der Waals surface area (Å²) in [6.45, 7) is 13.5. The van der Waals surface area contributed by atoms with E-state index < -0.39 is 0 Å². The van der Waals surface area contributed by atoms with Crippen molar-refractivity contribution in [3.05, 3.63) is 157 Å². The maximum atomic E-state index is 4.85. The first kappa shape index (κ1) is 31.5. The Morgan fingerprint density at radius 2 is 0.780 bits per heavy atom. The Kier molecular flexibility index (Phi) is 7.56. The zero-order valence-corrected chi connectivity index (χ0v) is 29.6. The van der Waals surface area contributed by atoms with Crippen LogP contribution in [0, 0.1) is 0 Å². The highest BCUT2D eigenvalue weighted by Gasteiger charge is 2.23. The van der Waals surface area contributed by atoms with E-state index in [0.717, 1.165) is 34.4 Å². The molecule has 8 rings (SSSR count). The van der Waals surface area contributed by atoms with E-state index in [9.17, 15) is 0 Å². The second kappa shape index (κ2) is 12.0. The third kappa shape index (κ3) is 5.51. The second-order valence-corrected chi connectivity index (χ2v) is 15.2. The van der Waals surface area contributed by atoms with E-state index in [2.05, 4.69) is 173 Å². The normalized spacial score (nSPS) is 12.2. The molecule has 0 saturated heterocycles. The SMILES string of the molecule is CC(C)(C)c1ccc(N(c2ccccn2)c2ccc3ccc4c(N(c5ccc(C(C)(C)C)cc5)c5ccccn5)ccc5ccc2c3c54)cc1. The van der Waals surface area contributed by atoms with Crippen LogP contribution in [-0.4, -0.2) is 9.97 Å². The van der Waals surface area contributed by atoms with E-state index in [1.54, 1.807) is 0 Å². The lowest BCUT2D eigenvalue weighted by atomic mass is 9.87. The number of aromatic nitrogens is 2.